The second kappa shape index (κ2) is 12.3. The van der Waals surface area contributed by atoms with Gasteiger partial charge in [0.1, 0.15) is 5.75 Å². The Labute approximate surface area is 202 Å². The van der Waals surface area contributed by atoms with Gasteiger partial charge < -0.3 is 15.4 Å². The zero-order valence-corrected chi connectivity index (χ0v) is 21.2. The molecule has 0 saturated carbocycles. The first-order chi connectivity index (χ1) is 14.5. The predicted octanol–water partition coefficient (Wildman–Crippen LogP) is 3.35. The second-order valence-corrected chi connectivity index (χ2v) is 9.11. The molecular formula is C22H31IN4O3S. The minimum absolute atomic E-state index is 0. The maximum atomic E-state index is 13.1. The van der Waals surface area contributed by atoms with Crippen LogP contribution in [0.1, 0.15) is 30.4 Å². The van der Waals surface area contributed by atoms with E-state index >= 15 is 0 Å². The first kappa shape index (κ1) is 25.4. The molecule has 0 radical (unpaired) electrons. The van der Waals surface area contributed by atoms with Gasteiger partial charge in [0.05, 0.1) is 12.0 Å². The maximum Gasteiger partial charge on any atom is 0.243 e. The molecule has 1 heterocycles. The van der Waals surface area contributed by atoms with Crippen LogP contribution in [-0.2, 0) is 23.1 Å². The number of hydrogen-bond acceptors (Lipinski definition) is 4. The molecule has 0 spiro atoms. The van der Waals surface area contributed by atoms with Crippen molar-refractivity contribution in [2.45, 2.75) is 37.2 Å². The fraction of sp³-hybridized carbons (Fsp3) is 0.409. The van der Waals surface area contributed by atoms with E-state index in [2.05, 4.69) is 15.6 Å². The number of nitrogens with zero attached hydrogens (tertiary/aromatic N) is 2. The molecule has 0 bridgehead atoms. The number of nitrogens with one attached hydrogen (secondary N) is 2. The Balaban J connectivity index is 0.00000341. The Kier molecular flexibility index (Phi) is 10.0. The molecule has 0 atom stereocenters. The Morgan fingerprint density at radius 2 is 1.74 bits per heavy atom. The molecule has 2 aromatic carbocycles. The largest absolute Gasteiger partial charge is 0.497 e. The van der Waals surface area contributed by atoms with Crippen LogP contribution in [-0.4, -0.2) is 45.9 Å². The van der Waals surface area contributed by atoms with Gasteiger partial charge >= 0.3 is 0 Å². The molecule has 9 heteroatoms. The van der Waals surface area contributed by atoms with Crippen LogP contribution in [0.15, 0.2) is 58.4 Å². The van der Waals surface area contributed by atoms with Gasteiger partial charge in [0.25, 0.3) is 0 Å². The Hall–Kier alpha value is -1.85. The molecule has 0 amide bonds. The average molecular weight is 558 g/mol. The third-order valence-electron chi connectivity index (χ3n) is 5.17. The van der Waals surface area contributed by atoms with E-state index < -0.39 is 10.0 Å². The smallest absolute Gasteiger partial charge is 0.243 e. The lowest BCUT2D eigenvalue weighted by Crippen LogP contribution is -2.38. The number of ether oxygens (including phenoxy) is 1. The fourth-order valence-electron chi connectivity index (χ4n) is 3.51. The van der Waals surface area contributed by atoms with Crippen LogP contribution < -0.4 is 15.4 Å². The highest BCUT2D eigenvalue weighted by molar-refractivity contribution is 14.0. The van der Waals surface area contributed by atoms with Crippen molar-refractivity contribution in [3.63, 3.8) is 0 Å². The summed E-state index contributed by atoms with van der Waals surface area (Å²) in [7, 11) is -0.158. The molecule has 0 unspecified atom stereocenters. The number of sulfonamides is 1. The van der Waals surface area contributed by atoms with Crippen LogP contribution in [0.3, 0.4) is 0 Å². The lowest BCUT2D eigenvalue weighted by molar-refractivity contribution is 0.346. The van der Waals surface area contributed by atoms with Crippen molar-refractivity contribution in [3.05, 3.63) is 59.7 Å². The Morgan fingerprint density at radius 1 is 1.03 bits per heavy atom. The SMILES string of the molecule is CN=C(NCc1cccc(OC)c1)NCc1ccccc1S(=O)(=O)N1CCCCC1.I. The summed E-state index contributed by atoms with van der Waals surface area (Å²) in [4.78, 5) is 4.61. The van der Waals surface area contributed by atoms with Gasteiger partial charge in [0.15, 0.2) is 5.96 Å². The number of halogens is 1. The summed E-state index contributed by atoms with van der Waals surface area (Å²) in [6.45, 7) is 2.12. The van der Waals surface area contributed by atoms with Crippen molar-refractivity contribution in [1.29, 1.82) is 0 Å². The van der Waals surface area contributed by atoms with Crippen LogP contribution in [0.4, 0.5) is 0 Å². The molecule has 1 saturated heterocycles. The Morgan fingerprint density at radius 3 is 2.45 bits per heavy atom. The zero-order chi connectivity index (χ0) is 21.4. The summed E-state index contributed by atoms with van der Waals surface area (Å²) in [6.07, 6.45) is 2.92. The van der Waals surface area contributed by atoms with E-state index in [1.807, 2.05) is 36.4 Å². The number of benzene rings is 2. The molecule has 2 aromatic rings. The van der Waals surface area contributed by atoms with E-state index in [9.17, 15) is 8.42 Å². The van der Waals surface area contributed by atoms with Crippen LogP contribution in [0.25, 0.3) is 0 Å². The maximum absolute atomic E-state index is 13.1. The number of methoxy groups -OCH3 is 1. The van der Waals surface area contributed by atoms with Crippen molar-refractivity contribution < 1.29 is 13.2 Å². The van der Waals surface area contributed by atoms with Crippen LogP contribution in [0.2, 0.25) is 0 Å². The molecule has 170 valence electrons. The number of piperidine rings is 1. The Bertz CT molecular complexity index is 976. The first-order valence-electron chi connectivity index (χ1n) is 10.2. The number of rotatable bonds is 7. The van der Waals surface area contributed by atoms with Crippen molar-refractivity contribution in [2.24, 2.45) is 4.99 Å². The average Bonchev–Trinajstić information content (AvgIpc) is 2.80. The highest BCUT2D eigenvalue weighted by Gasteiger charge is 2.27. The van der Waals surface area contributed by atoms with Crippen LogP contribution in [0, 0.1) is 0 Å². The van der Waals surface area contributed by atoms with Crippen molar-refractivity contribution >= 4 is 40.0 Å². The summed E-state index contributed by atoms with van der Waals surface area (Å²) >= 11 is 0. The number of guanidine groups is 1. The molecule has 0 aromatic heterocycles. The molecule has 0 aliphatic carbocycles. The summed E-state index contributed by atoms with van der Waals surface area (Å²) in [5, 5.41) is 6.48. The van der Waals surface area contributed by atoms with Gasteiger partial charge in [0.2, 0.25) is 10.0 Å². The van der Waals surface area contributed by atoms with Gasteiger partial charge in [-0.1, -0.05) is 36.8 Å². The van der Waals surface area contributed by atoms with Crippen molar-refractivity contribution in [2.75, 3.05) is 27.2 Å². The molecule has 7 nitrogen and oxygen atoms in total. The summed E-state index contributed by atoms with van der Waals surface area (Å²) in [5.41, 5.74) is 1.79. The zero-order valence-electron chi connectivity index (χ0n) is 18.0. The monoisotopic (exact) mass is 558 g/mol. The van der Waals surface area contributed by atoms with E-state index in [1.54, 1.807) is 30.6 Å². The molecule has 31 heavy (non-hydrogen) atoms. The molecule has 1 aliphatic rings. The third-order valence-corrected chi connectivity index (χ3v) is 7.17. The summed E-state index contributed by atoms with van der Waals surface area (Å²) in [5.74, 6) is 1.40. The number of hydrogen-bond donors (Lipinski definition) is 2. The van der Waals surface area contributed by atoms with E-state index in [0.717, 1.165) is 36.1 Å². The van der Waals surface area contributed by atoms with Gasteiger partial charge in [-0.05, 0) is 42.2 Å². The van der Waals surface area contributed by atoms with Crippen LogP contribution in [0.5, 0.6) is 5.75 Å². The molecule has 3 rings (SSSR count). The van der Waals surface area contributed by atoms with E-state index in [1.165, 1.54) is 0 Å². The molecule has 1 aliphatic heterocycles. The molecular weight excluding hydrogens is 527 g/mol. The van der Waals surface area contributed by atoms with Gasteiger partial charge in [-0.2, -0.15) is 4.31 Å². The van der Waals surface area contributed by atoms with Crippen molar-refractivity contribution in [3.8, 4) is 5.75 Å². The van der Waals surface area contributed by atoms with Crippen molar-refractivity contribution in [1.82, 2.24) is 14.9 Å². The number of aliphatic imine (C=N–C) groups is 1. The first-order valence-corrected chi connectivity index (χ1v) is 11.6. The predicted molar refractivity (Wildman–Crippen MR) is 134 cm³/mol. The molecule has 1 fully saturated rings. The quantitative estimate of drug-likeness (QED) is 0.310. The fourth-order valence-corrected chi connectivity index (χ4v) is 5.25. The molecule has 2 N–H and O–H groups in total. The highest BCUT2D eigenvalue weighted by atomic mass is 127. The lowest BCUT2D eigenvalue weighted by atomic mass is 10.2. The van der Waals surface area contributed by atoms with Crippen LogP contribution >= 0.6 is 24.0 Å². The minimum atomic E-state index is -3.49. The normalized spacial score (nSPS) is 15.1. The third kappa shape index (κ3) is 6.81. The van der Waals surface area contributed by atoms with Gasteiger partial charge in [0, 0.05) is 33.2 Å². The van der Waals surface area contributed by atoms with Gasteiger partial charge in [-0.25, -0.2) is 8.42 Å². The standard InChI is InChI=1S/C22H30N4O3S.HI/c1-23-22(24-16-18-9-8-11-20(15-18)29-2)25-17-19-10-4-5-12-21(19)30(27,28)26-13-6-3-7-14-26;/h4-5,8-12,15H,3,6-7,13-14,16-17H2,1-2H3,(H2,23,24,25);1H. The van der Waals surface area contributed by atoms with Gasteiger partial charge in [-0.3, -0.25) is 4.99 Å². The lowest BCUT2D eigenvalue weighted by Gasteiger charge is -2.27. The topological polar surface area (TPSA) is 83.0 Å². The van der Waals surface area contributed by atoms with Gasteiger partial charge in [-0.15, -0.1) is 24.0 Å². The van der Waals surface area contributed by atoms with E-state index in [-0.39, 0.29) is 24.0 Å². The summed E-state index contributed by atoms with van der Waals surface area (Å²) in [6, 6.07) is 15.0. The summed E-state index contributed by atoms with van der Waals surface area (Å²) < 4.78 is 33.1. The highest BCUT2D eigenvalue weighted by Crippen LogP contribution is 2.23. The van der Waals surface area contributed by atoms with E-state index in [4.69, 9.17) is 4.74 Å². The second-order valence-electron chi connectivity index (χ2n) is 7.20. The van der Waals surface area contributed by atoms with E-state index in [0.29, 0.717) is 37.0 Å². The minimum Gasteiger partial charge on any atom is -0.497 e.